The van der Waals surface area contributed by atoms with E-state index in [2.05, 4.69) is 27.7 Å². The second-order valence-corrected chi connectivity index (χ2v) is 8.51. The summed E-state index contributed by atoms with van der Waals surface area (Å²) in [5, 5.41) is 10.7. The van der Waals surface area contributed by atoms with Crippen molar-refractivity contribution < 1.29 is 9.90 Å². The lowest BCUT2D eigenvalue weighted by Crippen LogP contribution is -2.51. The van der Waals surface area contributed by atoms with Crippen LogP contribution in [-0.4, -0.2) is 17.0 Å². The molecule has 0 aromatic rings. The maximum absolute atomic E-state index is 11.4. The van der Waals surface area contributed by atoms with Gasteiger partial charge in [0.2, 0.25) is 0 Å². The first-order valence-corrected chi connectivity index (χ1v) is 9.02. The van der Waals surface area contributed by atoms with Crippen LogP contribution in [-0.2, 0) is 4.79 Å². The minimum Gasteiger partial charge on any atom is -0.382 e. The highest BCUT2D eigenvalue weighted by Gasteiger charge is 2.57. The number of fused-ring (bicyclic) bond motifs is 1. The van der Waals surface area contributed by atoms with Crippen LogP contribution in [0.15, 0.2) is 0 Å². The molecular formula is C19H34O2. The van der Waals surface area contributed by atoms with Gasteiger partial charge in [-0.05, 0) is 55.3 Å². The van der Waals surface area contributed by atoms with Crippen LogP contribution in [0.3, 0.4) is 0 Å². The topological polar surface area (TPSA) is 37.3 Å². The second-order valence-electron chi connectivity index (χ2n) is 8.51. The van der Waals surface area contributed by atoms with Gasteiger partial charge in [-0.25, -0.2) is 0 Å². The number of carbonyl (C=O) groups excluding carboxylic acids is 1. The van der Waals surface area contributed by atoms with Crippen LogP contribution >= 0.6 is 0 Å². The fraction of sp³-hybridized carbons (Fsp3) is 0.947. The van der Waals surface area contributed by atoms with Crippen molar-refractivity contribution in [2.75, 3.05) is 0 Å². The summed E-state index contributed by atoms with van der Waals surface area (Å²) in [6.07, 6.45) is 9.86. The second kappa shape index (κ2) is 6.40. The molecule has 2 nitrogen and oxygen atoms in total. The van der Waals surface area contributed by atoms with Gasteiger partial charge in [0.15, 0.2) is 6.29 Å². The molecule has 0 saturated heterocycles. The summed E-state index contributed by atoms with van der Waals surface area (Å²) >= 11 is 0. The van der Waals surface area contributed by atoms with Crippen molar-refractivity contribution in [1.29, 1.82) is 0 Å². The Morgan fingerprint density at radius 3 is 2.52 bits per heavy atom. The highest BCUT2D eigenvalue weighted by Crippen LogP contribution is 2.60. The first-order chi connectivity index (χ1) is 9.83. The van der Waals surface area contributed by atoms with E-state index in [-0.39, 0.29) is 11.3 Å². The molecule has 2 aliphatic carbocycles. The number of hydrogen-bond donors (Lipinski definition) is 1. The maximum atomic E-state index is 11.4. The van der Waals surface area contributed by atoms with Crippen molar-refractivity contribution >= 4 is 6.29 Å². The van der Waals surface area contributed by atoms with Gasteiger partial charge in [-0.3, -0.25) is 0 Å². The Kier molecular flexibility index (Phi) is 5.18. The first-order valence-electron chi connectivity index (χ1n) is 9.02. The quantitative estimate of drug-likeness (QED) is 0.727. The third kappa shape index (κ3) is 3.21. The predicted octanol–water partition coefficient (Wildman–Crippen LogP) is 4.60. The summed E-state index contributed by atoms with van der Waals surface area (Å²) < 4.78 is 0. The van der Waals surface area contributed by atoms with Crippen molar-refractivity contribution in [3.63, 3.8) is 0 Å². The summed E-state index contributed by atoms with van der Waals surface area (Å²) in [5.74, 6) is 2.38. The van der Waals surface area contributed by atoms with E-state index in [0.29, 0.717) is 18.3 Å². The van der Waals surface area contributed by atoms with Gasteiger partial charge in [0.1, 0.15) is 5.60 Å². The van der Waals surface area contributed by atoms with E-state index in [9.17, 15) is 9.90 Å². The Bertz CT molecular complexity index is 365. The van der Waals surface area contributed by atoms with Crippen molar-refractivity contribution in [1.82, 2.24) is 0 Å². The Morgan fingerprint density at radius 1 is 1.19 bits per heavy atom. The molecule has 1 N–H and O–H groups in total. The molecule has 0 amide bonds. The van der Waals surface area contributed by atoms with Gasteiger partial charge in [0.25, 0.3) is 0 Å². The molecule has 0 heterocycles. The summed E-state index contributed by atoms with van der Waals surface area (Å²) in [7, 11) is 0. The van der Waals surface area contributed by atoms with E-state index in [1.165, 1.54) is 32.1 Å². The smallest absolute Gasteiger partial charge is 0.151 e. The van der Waals surface area contributed by atoms with Gasteiger partial charge >= 0.3 is 0 Å². The number of hydrogen-bond acceptors (Lipinski definition) is 2. The van der Waals surface area contributed by atoms with Gasteiger partial charge in [0, 0.05) is 5.92 Å². The zero-order chi connectivity index (χ0) is 15.7. The first kappa shape index (κ1) is 17.0. The van der Waals surface area contributed by atoms with E-state index in [1.54, 1.807) is 0 Å². The molecule has 0 aliphatic heterocycles. The number of aliphatic hydroxyl groups is 1. The number of aldehydes is 1. The molecule has 2 saturated carbocycles. The number of rotatable bonds is 6. The lowest BCUT2D eigenvalue weighted by atomic mass is 9.57. The molecule has 0 aromatic heterocycles. The zero-order valence-electron chi connectivity index (χ0n) is 14.4. The highest BCUT2D eigenvalue weighted by atomic mass is 16.3. The fourth-order valence-electron chi connectivity index (χ4n) is 5.50. The zero-order valence-corrected chi connectivity index (χ0v) is 14.4. The molecular weight excluding hydrogens is 260 g/mol. The normalized spacial score (nSPS) is 41.0. The van der Waals surface area contributed by atoms with Gasteiger partial charge in [-0.1, -0.05) is 47.0 Å². The lowest BCUT2D eigenvalue weighted by molar-refractivity contribution is -0.145. The molecule has 0 bridgehead atoms. The minimum absolute atomic E-state index is 0.172. The van der Waals surface area contributed by atoms with Crippen LogP contribution in [0, 0.1) is 29.1 Å². The van der Waals surface area contributed by atoms with Gasteiger partial charge in [0.05, 0.1) is 0 Å². The van der Waals surface area contributed by atoms with Gasteiger partial charge in [-0.2, -0.15) is 0 Å². The Hall–Kier alpha value is -0.370. The third-order valence-electron chi connectivity index (χ3n) is 6.64. The van der Waals surface area contributed by atoms with Crippen LogP contribution in [0.25, 0.3) is 0 Å². The molecule has 5 atom stereocenters. The van der Waals surface area contributed by atoms with E-state index in [4.69, 9.17) is 0 Å². The van der Waals surface area contributed by atoms with Crippen molar-refractivity contribution in [3.05, 3.63) is 0 Å². The monoisotopic (exact) mass is 294 g/mol. The van der Waals surface area contributed by atoms with Crippen LogP contribution in [0.1, 0.15) is 79.1 Å². The van der Waals surface area contributed by atoms with E-state index in [1.807, 2.05) is 0 Å². The Labute approximate surface area is 130 Å². The molecule has 122 valence electrons. The maximum Gasteiger partial charge on any atom is 0.151 e. The lowest BCUT2D eigenvalue weighted by Gasteiger charge is -2.48. The molecule has 0 spiro atoms. The third-order valence-corrected chi connectivity index (χ3v) is 6.64. The standard InChI is InChI=1S/C19H34O2/c1-14(2)7-5-8-15(3)16-9-10-17-18(16,4)11-6-12-19(17,21)13-20/h13-17,21H,5-12H2,1-4H3/t15-,16-,17-,18-,19+/m1/s1. The summed E-state index contributed by atoms with van der Waals surface area (Å²) in [6.45, 7) is 9.33. The molecule has 2 fully saturated rings. The van der Waals surface area contributed by atoms with Crippen molar-refractivity contribution in [2.45, 2.75) is 84.7 Å². The van der Waals surface area contributed by atoms with Gasteiger partial charge < -0.3 is 9.90 Å². The summed E-state index contributed by atoms with van der Waals surface area (Å²) in [6, 6.07) is 0. The molecule has 2 heteroatoms. The van der Waals surface area contributed by atoms with Crippen molar-refractivity contribution in [2.24, 2.45) is 29.1 Å². The van der Waals surface area contributed by atoms with Crippen molar-refractivity contribution in [3.8, 4) is 0 Å². The SMILES string of the molecule is CC(C)CCC[C@@H](C)[C@H]1CC[C@@H]2[C@]1(C)CCC[C@]2(O)C=O. The molecule has 0 aromatic carbocycles. The minimum atomic E-state index is -1.04. The molecule has 2 aliphatic rings. The summed E-state index contributed by atoms with van der Waals surface area (Å²) in [4.78, 5) is 11.4. The molecule has 2 rings (SSSR count). The van der Waals surface area contributed by atoms with Crippen LogP contribution in [0.2, 0.25) is 0 Å². The average Bonchev–Trinajstić information content (AvgIpc) is 2.77. The fourth-order valence-corrected chi connectivity index (χ4v) is 5.50. The van der Waals surface area contributed by atoms with Gasteiger partial charge in [-0.15, -0.1) is 0 Å². The molecule has 0 radical (unpaired) electrons. The van der Waals surface area contributed by atoms with Crippen LogP contribution < -0.4 is 0 Å². The number of carbonyl (C=O) groups is 1. The average molecular weight is 294 g/mol. The van der Waals surface area contributed by atoms with Crippen LogP contribution in [0.5, 0.6) is 0 Å². The van der Waals surface area contributed by atoms with E-state index < -0.39 is 5.60 Å². The Balaban J connectivity index is 2.04. The van der Waals surface area contributed by atoms with E-state index in [0.717, 1.165) is 25.0 Å². The predicted molar refractivity (Wildman–Crippen MR) is 87.0 cm³/mol. The molecule has 21 heavy (non-hydrogen) atoms. The molecule has 0 unspecified atom stereocenters. The van der Waals surface area contributed by atoms with Crippen LogP contribution in [0.4, 0.5) is 0 Å². The summed E-state index contributed by atoms with van der Waals surface area (Å²) in [5.41, 5.74) is -0.870. The largest absolute Gasteiger partial charge is 0.382 e. The Morgan fingerprint density at radius 2 is 1.90 bits per heavy atom. The highest BCUT2D eigenvalue weighted by molar-refractivity contribution is 5.63. The van der Waals surface area contributed by atoms with E-state index >= 15 is 0 Å².